The highest BCUT2D eigenvalue weighted by molar-refractivity contribution is 5.19. The number of benzene rings is 1. The number of hydrogen-bond acceptors (Lipinski definition) is 0. The third kappa shape index (κ3) is 7.67. The fourth-order valence-corrected chi connectivity index (χ4v) is 1.22. The third-order valence-electron chi connectivity index (χ3n) is 2.65. The van der Waals surface area contributed by atoms with E-state index in [9.17, 15) is 0 Å². The van der Waals surface area contributed by atoms with Crippen LogP contribution in [-0.2, 0) is 0 Å². The highest BCUT2D eigenvalue weighted by atomic mass is 14.0. The molecule has 0 saturated carbocycles. The average Bonchev–Trinajstić information content (AvgIpc) is 2.37. The normalized spacial score (nSPS) is 10.3. The standard InChI is InChI=1S/C9H12.C9H14/c1-8(2)9-6-4-3-5-7-9;1-5-6-7-9(4)8(2)3/h3-8H,1-2H3;5-8H,1,4H2,2-3H3/b;7-6-. The molecule has 18 heavy (non-hydrogen) atoms. The molecule has 0 heterocycles. The zero-order valence-corrected chi connectivity index (χ0v) is 12.2. The summed E-state index contributed by atoms with van der Waals surface area (Å²) in [4.78, 5) is 0. The highest BCUT2D eigenvalue weighted by Crippen LogP contribution is 2.11. The third-order valence-corrected chi connectivity index (χ3v) is 2.65. The molecule has 0 aliphatic heterocycles. The Kier molecular flexibility index (Phi) is 8.65. The van der Waals surface area contributed by atoms with Crippen LogP contribution in [-0.4, -0.2) is 0 Å². The number of allylic oxidation sites excluding steroid dienone is 4. The van der Waals surface area contributed by atoms with Crippen molar-refractivity contribution in [2.75, 3.05) is 0 Å². The molecule has 0 aliphatic carbocycles. The Bertz CT molecular complexity index is 366. The summed E-state index contributed by atoms with van der Waals surface area (Å²) in [7, 11) is 0. The Morgan fingerprint density at radius 2 is 1.61 bits per heavy atom. The van der Waals surface area contributed by atoms with Gasteiger partial charge in [-0.15, -0.1) is 0 Å². The van der Waals surface area contributed by atoms with E-state index in [-0.39, 0.29) is 0 Å². The van der Waals surface area contributed by atoms with E-state index in [4.69, 9.17) is 0 Å². The Labute approximate surface area is 113 Å². The van der Waals surface area contributed by atoms with Crippen molar-refractivity contribution >= 4 is 0 Å². The maximum absolute atomic E-state index is 3.86. The van der Waals surface area contributed by atoms with Gasteiger partial charge >= 0.3 is 0 Å². The van der Waals surface area contributed by atoms with Crippen molar-refractivity contribution in [3.63, 3.8) is 0 Å². The number of rotatable bonds is 4. The largest absolute Gasteiger partial charge is 0.0991 e. The SMILES string of the molecule is C=C/C=C\C(=C)C(C)C.CC(C)c1ccccc1. The first-order valence-corrected chi connectivity index (χ1v) is 6.51. The van der Waals surface area contributed by atoms with Gasteiger partial charge in [-0.25, -0.2) is 0 Å². The second kappa shape index (κ2) is 9.47. The quantitative estimate of drug-likeness (QED) is 0.590. The molecule has 0 aromatic heterocycles. The van der Waals surface area contributed by atoms with Gasteiger partial charge in [0.2, 0.25) is 0 Å². The monoisotopic (exact) mass is 242 g/mol. The van der Waals surface area contributed by atoms with Crippen molar-refractivity contribution in [3.05, 3.63) is 72.9 Å². The fourth-order valence-electron chi connectivity index (χ4n) is 1.22. The molecule has 0 radical (unpaired) electrons. The fraction of sp³-hybridized carbons (Fsp3) is 0.333. The van der Waals surface area contributed by atoms with Crippen LogP contribution in [0.1, 0.15) is 39.2 Å². The molecule has 0 fully saturated rings. The molecular weight excluding hydrogens is 216 g/mol. The van der Waals surface area contributed by atoms with E-state index in [0.29, 0.717) is 11.8 Å². The summed E-state index contributed by atoms with van der Waals surface area (Å²) in [6.07, 6.45) is 5.65. The van der Waals surface area contributed by atoms with Crippen LogP contribution >= 0.6 is 0 Å². The highest BCUT2D eigenvalue weighted by Gasteiger charge is 1.93. The molecule has 0 heteroatoms. The zero-order valence-electron chi connectivity index (χ0n) is 12.2. The second-order valence-electron chi connectivity index (χ2n) is 4.89. The lowest BCUT2D eigenvalue weighted by molar-refractivity contribution is 0.795. The molecule has 0 atom stereocenters. The Morgan fingerprint density at radius 3 is 1.94 bits per heavy atom. The topological polar surface area (TPSA) is 0 Å². The lowest BCUT2D eigenvalue weighted by Gasteiger charge is -2.01. The van der Waals surface area contributed by atoms with Gasteiger partial charge in [0, 0.05) is 0 Å². The van der Waals surface area contributed by atoms with Gasteiger partial charge in [0.25, 0.3) is 0 Å². The van der Waals surface area contributed by atoms with E-state index in [1.807, 2.05) is 18.2 Å². The van der Waals surface area contributed by atoms with Crippen molar-refractivity contribution in [2.45, 2.75) is 33.6 Å². The molecular formula is C18H26. The lowest BCUT2D eigenvalue weighted by Crippen LogP contribution is -1.86. The Morgan fingerprint density at radius 1 is 1.06 bits per heavy atom. The molecule has 0 N–H and O–H groups in total. The van der Waals surface area contributed by atoms with Crippen LogP contribution in [0.4, 0.5) is 0 Å². The van der Waals surface area contributed by atoms with Crippen LogP contribution in [0.5, 0.6) is 0 Å². The van der Waals surface area contributed by atoms with Crippen LogP contribution in [0, 0.1) is 5.92 Å². The van der Waals surface area contributed by atoms with Crippen molar-refractivity contribution in [1.82, 2.24) is 0 Å². The van der Waals surface area contributed by atoms with E-state index in [2.05, 4.69) is 65.1 Å². The minimum atomic E-state index is 0.543. The van der Waals surface area contributed by atoms with Gasteiger partial charge in [-0.3, -0.25) is 0 Å². The van der Waals surface area contributed by atoms with Crippen LogP contribution in [0.3, 0.4) is 0 Å². The van der Waals surface area contributed by atoms with Gasteiger partial charge in [0.1, 0.15) is 0 Å². The molecule has 0 spiro atoms. The van der Waals surface area contributed by atoms with E-state index in [0.717, 1.165) is 5.57 Å². The predicted molar refractivity (Wildman–Crippen MR) is 83.8 cm³/mol. The van der Waals surface area contributed by atoms with Crippen LogP contribution in [0.2, 0.25) is 0 Å². The molecule has 1 aromatic carbocycles. The first-order valence-electron chi connectivity index (χ1n) is 6.51. The average molecular weight is 242 g/mol. The Hall–Kier alpha value is -1.56. The van der Waals surface area contributed by atoms with Gasteiger partial charge in [-0.1, -0.05) is 95.0 Å². The summed E-state index contributed by atoms with van der Waals surface area (Å²) in [5.74, 6) is 1.20. The molecule has 0 nitrogen and oxygen atoms in total. The van der Waals surface area contributed by atoms with Gasteiger partial charge in [-0.05, 0) is 17.4 Å². The van der Waals surface area contributed by atoms with Crippen molar-refractivity contribution in [3.8, 4) is 0 Å². The molecule has 0 amide bonds. The lowest BCUT2D eigenvalue weighted by atomic mass is 10.0. The zero-order chi connectivity index (χ0) is 14.0. The maximum atomic E-state index is 3.86. The first-order chi connectivity index (χ1) is 8.49. The predicted octanol–water partition coefficient (Wildman–Crippen LogP) is 5.75. The summed E-state index contributed by atoms with van der Waals surface area (Å²) >= 11 is 0. The summed E-state index contributed by atoms with van der Waals surface area (Å²) in [6.45, 7) is 16.1. The summed E-state index contributed by atoms with van der Waals surface area (Å²) in [6, 6.07) is 10.5. The molecule has 0 unspecified atom stereocenters. The van der Waals surface area contributed by atoms with Crippen molar-refractivity contribution in [2.24, 2.45) is 5.92 Å². The Balaban J connectivity index is 0.000000321. The molecule has 0 aliphatic rings. The minimum Gasteiger partial charge on any atom is -0.0991 e. The van der Waals surface area contributed by atoms with Gasteiger partial charge < -0.3 is 0 Å². The number of hydrogen-bond donors (Lipinski definition) is 0. The second-order valence-corrected chi connectivity index (χ2v) is 4.89. The molecule has 98 valence electrons. The summed E-state index contributed by atoms with van der Waals surface area (Å²) in [5, 5.41) is 0. The van der Waals surface area contributed by atoms with Crippen LogP contribution in [0.25, 0.3) is 0 Å². The van der Waals surface area contributed by atoms with Gasteiger partial charge in [0.15, 0.2) is 0 Å². The van der Waals surface area contributed by atoms with E-state index in [1.165, 1.54) is 5.56 Å². The summed E-state index contributed by atoms with van der Waals surface area (Å²) < 4.78 is 0. The smallest absolute Gasteiger partial charge is 0.0219 e. The minimum absolute atomic E-state index is 0.543. The van der Waals surface area contributed by atoms with E-state index in [1.54, 1.807) is 6.08 Å². The molecule has 1 aromatic rings. The van der Waals surface area contributed by atoms with E-state index >= 15 is 0 Å². The van der Waals surface area contributed by atoms with Crippen molar-refractivity contribution in [1.29, 1.82) is 0 Å². The van der Waals surface area contributed by atoms with Gasteiger partial charge in [0.05, 0.1) is 0 Å². The maximum Gasteiger partial charge on any atom is -0.0219 e. The molecule has 0 bridgehead atoms. The first kappa shape index (κ1) is 16.4. The van der Waals surface area contributed by atoms with E-state index < -0.39 is 0 Å². The van der Waals surface area contributed by atoms with Gasteiger partial charge in [-0.2, -0.15) is 0 Å². The summed E-state index contributed by atoms with van der Waals surface area (Å²) in [5.41, 5.74) is 2.56. The van der Waals surface area contributed by atoms with Crippen LogP contribution < -0.4 is 0 Å². The molecule has 1 rings (SSSR count). The molecule has 0 saturated heterocycles. The van der Waals surface area contributed by atoms with Crippen LogP contribution in [0.15, 0.2) is 67.3 Å². The van der Waals surface area contributed by atoms with Crippen molar-refractivity contribution < 1.29 is 0 Å².